The van der Waals surface area contributed by atoms with Crippen LogP contribution in [0.15, 0.2) is 18.2 Å². The van der Waals surface area contributed by atoms with E-state index < -0.39 is 17.3 Å². The van der Waals surface area contributed by atoms with Crippen molar-refractivity contribution in [2.45, 2.75) is 61.6 Å². The highest BCUT2D eigenvalue weighted by molar-refractivity contribution is 6.31. The Balaban J connectivity index is 1.41. The van der Waals surface area contributed by atoms with Gasteiger partial charge in [0.05, 0.1) is 11.2 Å². The number of rotatable bonds is 4. The molecule has 5 rings (SSSR count). The standard InChI is InChI=1S/C25H36ClF3N10O/c26-20-7-14(25(27,28)29)1-2-19(20)24(40)3-5-37(6-4-24)21-34-22(38-10-15(30)8-16(31)11-38)36-23(35-21)39-12-17(32)9-18(33)13-39/h1-2,7,15-18,40H,3-6,8-13,30-33H2/t15-,16+,17-,18+. The van der Waals surface area contributed by atoms with Crippen molar-refractivity contribution in [2.75, 3.05) is 54.0 Å². The van der Waals surface area contributed by atoms with E-state index in [1.807, 2.05) is 14.7 Å². The van der Waals surface area contributed by atoms with Gasteiger partial charge in [-0.25, -0.2) is 0 Å². The molecule has 4 heterocycles. The molecular formula is C25H36ClF3N10O. The molecule has 3 aliphatic heterocycles. The van der Waals surface area contributed by atoms with Crippen LogP contribution in [0.2, 0.25) is 5.02 Å². The smallest absolute Gasteiger partial charge is 0.385 e. The Morgan fingerprint density at radius 2 is 1.20 bits per heavy atom. The maximum absolute atomic E-state index is 13.1. The van der Waals surface area contributed by atoms with Crippen molar-refractivity contribution < 1.29 is 18.3 Å². The molecule has 0 unspecified atom stereocenters. The van der Waals surface area contributed by atoms with Crippen LogP contribution in [0.4, 0.5) is 31.0 Å². The molecule has 0 radical (unpaired) electrons. The first-order valence-electron chi connectivity index (χ1n) is 13.4. The minimum absolute atomic E-state index is 0.119. The molecule has 0 aliphatic carbocycles. The summed E-state index contributed by atoms with van der Waals surface area (Å²) in [5.74, 6) is 1.32. The molecule has 3 fully saturated rings. The maximum Gasteiger partial charge on any atom is 0.416 e. The van der Waals surface area contributed by atoms with E-state index >= 15 is 0 Å². The van der Waals surface area contributed by atoms with Crippen LogP contribution in [0.3, 0.4) is 0 Å². The molecule has 11 nitrogen and oxygen atoms in total. The van der Waals surface area contributed by atoms with Gasteiger partial charge >= 0.3 is 6.18 Å². The van der Waals surface area contributed by atoms with E-state index in [1.165, 1.54) is 6.07 Å². The van der Waals surface area contributed by atoms with Gasteiger partial charge < -0.3 is 42.7 Å². The second-order valence-corrected chi connectivity index (χ2v) is 11.7. The second-order valence-electron chi connectivity index (χ2n) is 11.3. The maximum atomic E-state index is 13.1. The van der Waals surface area contributed by atoms with Crippen molar-refractivity contribution in [3.63, 3.8) is 0 Å². The van der Waals surface area contributed by atoms with E-state index in [-0.39, 0.29) is 47.6 Å². The number of nitrogens with two attached hydrogens (primary N) is 4. The summed E-state index contributed by atoms with van der Waals surface area (Å²) in [7, 11) is 0. The number of hydrogen-bond donors (Lipinski definition) is 5. The van der Waals surface area contributed by atoms with Crippen LogP contribution in [-0.2, 0) is 11.8 Å². The van der Waals surface area contributed by atoms with Gasteiger partial charge in [-0.2, -0.15) is 28.1 Å². The van der Waals surface area contributed by atoms with Crippen LogP contribution in [0.5, 0.6) is 0 Å². The molecule has 1 aromatic carbocycles. The third-order valence-corrected chi connectivity index (χ3v) is 8.18. The van der Waals surface area contributed by atoms with Crippen molar-refractivity contribution in [1.82, 2.24) is 15.0 Å². The van der Waals surface area contributed by atoms with E-state index in [0.717, 1.165) is 12.1 Å². The number of alkyl halides is 3. The summed E-state index contributed by atoms with van der Waals surface area (Å²) in [6.07, 6.45) is -2.68. The fraction of sp³-hybridized carbons (Fsp3) is 0.640. The first-order chi connectivity index (χ1) is 18.8. The van der Waals surface area contributed by atoms with Gasteiger partial charge in [-0.05, 0) is 37.8 Å². The Hall–Kier alpha value is -2.49. The quantitative estimate of drug-likeness (QED) is 0.343. The molecule has 0 spiro atoms. The van der Waals surface area contributed by atoms with Gasteiger partial charge in [-0.3, -0.25) is 0 Å². The molecular weight excluding hydrogens is 549 g/mol. The zero-order chi connectivity index (χ0) is 28.8. The summed E-state index contributed by atoms with van der Waals surface area (Å²) in [6, 6.07) is 2.56. The van der Waals surface area contributed by atoms with Crippen molar-refractivity contribution in [1.29, 1.82) is 0 Å². The Morgan fingerprint density at radius 1 is 0.775 bits per heavy atom. The van der Waals surface area contributed by atoms with Crippen molar-refractivity contribution in [3.8, 4) is 0 Å². The van der Waals surface area contributed by atoms with Gasteiger partial charge in [0.15, 0.2) is 0 Å². The molecule has 1 aromatic heterocycles. The van der Waals surface area contributed by atoms with Gasteiger partial charge in [0.25, 0.3) is 0 Å². The van der Waals surface area contributed by atoms with Gasteiger partial charge in [-0.15, -0.1) is 0 Å². The number of piperidine rings is 3. The summed E-state index contributed by atoms with van der Waals surface area (Å²) in [6.45, 7) is 2.86. The minimum Gasteiger partial charge on any atom is -0.385 e. The molecule has 9 N–H and O–H groups in total. The molecule has 0 bridgehead atoms. The topological polar surface area (TPSA) is 173 Å². The minimum atomic E-state index is -4.52. The Labute approximate surface area is 235 Å². The lowest BCUT2D eigenvalue weighted by atomic mass is 9.84. The fourth-order valence-electron chi connectivity index (χ4n) is 5.87. The molecule has 3 aliphatic rings. The highest BCUT2D eigenvalue weighted by atomic mass is 35.5. The van der Waals surface area contributed by atoms with Gasteiger partial charge in [-0.1, -0.05) is 17.7 Å². The van der Waals surface area contributed by atoms with E-state index in [4.69, 9.17) is 49.5 Å². The van der Waals surface area contributed by atoms with Crippen LogP contribution in [0.1, 0.15) is 36.8 Å². The summed E-state index contributed by atoms with van der Waals surface area (Å²) in [4.78, 5) is 20.1. The lowest BCUT2D eigenvalue weighted by Crippen LogP contribution is -2.54. The first-order valence-corrected chi connectivity index (χ1v) is 13.8. The number of anilines is 3. The average Bonchev–Trinajstić information content (AvgIpc) is 2.87. The van der Waals surface area contributed by atoms with Crippen LogP contribution in [-0.4, -0.2) is 83.5 Å². The fourth-order valence-corrected chi connectivity index (χ4v) is 6.22. The second kappa shape index (κ2) is 11.1. The van der Waals surface area contributed by atoms with Crippen molar-refractivity contribution >= 4 is 29.4 Å². The van der Waals surface area contributed by atoms with Gasteiger partial charge in [0.1, 0.15) is 0 Å². The third-order valence-electron chi connectivity index (χ3n) is 7.87. The van der Waals surface area contributed by atoms with Gasteiger partial charge in [0, 0.05) is 74.0 Å². The highest BCUT2D eigenvalue weighted by Gasteiger charge is 2.39. The predicted molar refractivity (Wildman–Crippen MR) is 147 cm³/mol. The average molecular weight is 585 g/mol. The van der Waals surface area contributed by atoms with Crippen LogP contribution < -0.4 is 37.6 Å². The molecule has 2 aromatic rings. The number of aliphatic hydroxyl groups is 1. The van der Waals surface area contributed by atoms with Crippen LogP contribution in [0, 0.1) is 0 Å². The van der Waals surface area contributed by atoms with E-state index in [2.05, 4.69) is 0 Å². The number of benzene rings is 1. The number of hydrogen-bond acceptors (Lipinski definition) is 11. The Bertz CT molecular complexity index is 1150. The molecule has 40 heavy (non-hydrogen) atoms. The normalized spacial score (nSPS) is 27.7. The molecule has 4 atom stereocenters. The Kier molecular flexibility index (Phi) is 8.03. The number of nitrogens with zero attached hydrogens (tertiary/aromatic N) is 6. The summed E-state index contributed by atoms with van der Waals surface area (Å²) < 4.78 is 39.3. The summed E-state index contributed by atoms with van der Waals surface area (Å²) in [5, 5.41) is 11.3. The Morgan fingerprint density at radius 3 is 1.60 bits per heavy atom. The molecule has 15 heteroatoms. The molecule has 220 valence electrons. The summed E-state index contributed by atoms with van der Waals surface area (Å²) in [5.41, 5.74) is 23.0. The van der Waals surface area contributed by atoms with Crippen molar-refractivity contribution in [2.24, 2.45) is 22.9 Å². The van der Waals surface area contributed by atoms with E-state index in [1.54, 1.807) is 0 Å². The highest BCUT2D eigenvalue weighted by Crippen LogP contribution is 2.40. The first kappa shape index (κ1) is 29.0. The number of halogens is 4. The van der Waals surface area contributed by atoms with Gasteiger partial charge in [0.2, 0.25) is 17.8 Å². The molecule has 0 saturated carbocycles. The largest absolute Gasteiger partial charge is 0.416 e. The third kappa shape index (κ3) is 6.21. The number of aromatic nitrogens is 3. The lowest BCUT2D eigenvalue weighted by Gasteiger charge is -2.40. The van der Waals surface area contributed by atoms with Crippen LogP contribution >= 0.6 is 11.6 Å². The predicted octanol–water partition coefficient (Wildman–Crippen LogP) is 0.761. The lowest BCUT2D eigenvalue weighted by molar-refractivity contribution is -0.137. The molecule has 3 saturated heterocycles. The van der Waals surface area contributed by atoms with E-state index in [9.17, 15) is 18.3 Å². The monoisotopic (exact) mass is 584 g/mol. The molecule has 0 amide bonds. The zero-order valence-corrected chi connectivity index (χ0v) is 22.8. The van der Waals surface area contributed by atoms with Crippen molar-refractivity contribution in [3.05, 3.63) is 34.3 Å². The zero-order valence-electron chi connectivity index (χ0n) is 22.1. The van der Waals surface area contributed by atoms with Crippen LogP contribution in [0.25, 0.3) is 0 Å². The van der Waals surface area contributed by atoms with E-state index in [0.29, 0.717) is 70.0 Å². The summed E-state index contributed by atoms with van der Waals surface area (Å²) >= 11 is 6.21. The SMILES string of the molecule is N[C@@H]1C[C@H](N)CN(c2nc(N3CCC(O)(c4ccc(C(F)(F)F)cc4Cl)CC3)nc(N3C[C@H](N)C[C@H](N)C3)n2)C1.